The van der Waals surface area contributed by atoms with Crippen LogP contribution in [-0.4, -0.2) is 83.5 Å². The lowest BCUT2D eigenvalue weighted by Gasteiger charge is -2.33. The molecule has 0 aliphatic carbocycles. The van der Waals surface area contributed by atoms with Gasteiger partial charge in [0.1, 0.15) is 0 Å². The fourth-order valence-electron chi connectivity index (χ4n) is 6.70. The summed E-state index contributed by atoms with van der Waals surface area (Å²) in [6, 6.07) is 29.2. The number of carbonyl (C=O) groups excluding carboxylic acids is 2. The van der Waals surface area contributed by atoms with Crippen LogP contribution in [0.2, 0.25) is 0 Å². The predicted octanol–water partition coefficient (Wildman–Crippen LogP) is 6.34. The van der Waals surface area contributed by atoms with Crippen molar-refractivity contribution in [2.75, 3.05) is 47.4 Å². The van der Waals surface area contributed by atoms with E-state index in [1.807, 2.05) is 96.5 Å². The van der Waals surface area contributed by atoms with Gasteiger partial charge in [-0.25, -0.2) is 4.98 Å². The number of methoxy groups -OCH3 is 2. The first-order chi connectivity index (χ1) is 23.4. The number of Topliss-reactive ketones (excluding diaryl/α,β-unsaturated/α-hetero) is 1. The Balaban J connectivity index is 1.13. The Kier molecular flexibility index (Phi) is 10.5. The quantitative estimate of drug-likeness (QED) is 0.138. The summed E-state index contributed by atoms with van der Waals surface area (Å²) in [6.07, 6.45) is 4.18. The number of hydrogen-bond donors (Lipinski definition) is 0. The minimum Gasteiger partial charge on any atom is -0.493 e. The van der Waals surface area contributed by atoms with E-state index in [1.54, 1.807) is 25.3 Å². The van der Waals surface area contributed by atoms with Crippen LogP contribution >= 0.6 is 0 Å². The van der Waals surface area contributed by atoms with Gasteiger partial charge in [-0.05, 0) is 93.0 Å². The number of likely N-dealkylation sites (N-methyl/N-ethyl adjacent to an activating group) is 1. The minimum absolute atomic E-state index is 0.00512. The molecule has 0 saturated carbocycles. The van der Waals surface area contributed by atoms with E-state index in [2.05, 4.69) is 16.0 Å². The van der Waals surface area contributed by atoms with Gasteiger partial charge in [0.05, 0.1) is 37.5 Å². The van der Waals surface area contributed by atoms with Crippen molar-refractivity contribution in [2.24, 2.45) is 5.92 Å². The topological polar surface area (TPSA) is 89.8 Å². The SMILES string of the molecule is COc1ccc(C(CCN2CCC(C(=O)c3nc4ccccc4n3Cc3ccccn3)CC2)CN(C)C(=O)c2ccccc2)cc1OC. The van der Waals surface area contributed by atoms with Crippen molar-refractivity contribution in [3.8, 4) is 11.5 Å². The number of carbonyl (C=O) groups is 2. The monoisotopic (exact) mass is 645 g/mol. The van der Waals surface area contributed by atoms with Crippen LogP contribution in [0.4, 0.5) is 0 Å². The highest BCUT2D eigenvalue weighted by Crippen LogP contribution is 2.33. The van der Waals surface area contributed by atoms with Crippen molar-refractivity contribution >= 4 is 22.7 Å². The van der Waals surface area contributed by atoms with E-state index in [0.29, 0.717) is 36.0 Å². The molecule has 1 aliphatic rings. The summed E-state index contributed by atoms with van der Waals surface area (Å²) in [6.45, 7) is 3.57. The highest BCUT2D eigenvalue weighted by atomic mass is 16.5. The van der Waals surface area contributed by atoms with Crippen LogP contribution in [0.1, 0.15) is 57.4 Å². The van der Waals surface area contributed by atoms with Gasteiger partial charge in [0, 0.05) is 37.2 Å². The van der Waals surface area contributed by atoms with Crippen LogP contribution in [0, 0.1) is 5.92 Å². The van der Waals surface area contributed by atoms with Crippen molar-refractivity contribution in [1.29, 1.82) is 0 Å². The molecule has 3 aromatic carbocycles. The van der Waals surface area contributed by atoms with Crippen LogP contribution in [0.3, 0.4) is 0 Å². The fourth-order valence-corrected chi connectivity index (χ4v) is 6.70. The van der Waals surface area contributed by atoms with Gasteiger partial charge in [-0.1, -0.05) is 42.5 Å². The standard InChI is InChI=1S/C39H43N5O4/c1-42(39(46)29-11-5-4-6-12-29)26-31(30-16-17-35(47-2)36(25-30)48-3)20-24-43-22-18-28(19-23-43)37(45)38-41-33-14-7-8-15-34(33)44(38)27-32-13-9-10-21-40-32/h4-17,21,25,28,31H,18-20,22-24,26-27H2,1-3H3. The van der Waals surface area contributed by atoms with E-state index >= 15 is 0 Å². The van der Waals surface area contributed by atoms with Gasteiger partial charge in [-0.15, -0.1) is 0 Å². The number of pyridine rings is 1. The summed E-state index contributed by atoms with van der Waals surface area (Å²) in [5, 5.41) is 0. The van der Waals surface area contributed by atoms with E-state index in [-0.39, 0.29) is 23.5 Å². The number of imidazole rings is 1. The molecule has 0 spiro atoms. The average Bonchev–Trinajstić information content (AvgIpc) is 3.51. The molecule has 0 bridgehead atoms. The lowest BCUT2D eigenvalue weighted by atomic mass is 9.90. The zero-order chi connectivity index (χ0) is 33.5. The van der Waals surface area contributed by atoms with Gasteiger partial charge in [-0.3, -0.25) is 14.6 Å². The highest BCUT2D eigenvalue weighted by Gasteiger charge is 2.30. The lowest BCUT2D eigenvalue weighted by molar-refractivity contribution is 0.0779. The molecule has 1 amide bonds. The third-order valence-electron chi connectivity index (χ3n) is 9.41. The summed E-state index contributed by atoms with van der Waals surface area (Å²) in [7, 11) is 5.13. The Morgan fingerprint density at radius 2 is 1.62 bits per heavy atom. The molecule has 3 heterocycles. The number of likely N-dealkylation sites (tertiary alicyclic amines) is 1. The normalized spacial score (nSPS) is 14.5. The van der Waals surface area contributed by atoms with Crippen molar-refractivity contribution in [1.82, 2.24) is 24.3 Å². The molecule has 1 atom stereocenters. The second kappa shape index (κ2) is 15.3. The molecule has 9 nitrogen and oxygen atoms in total. The molecular weight excluding hydrogens is 602 g/mol. The molecule has 0 N–H and O–H groups in total. The van der Waals surface area contributed by atoms with Gasteiger partial charge in [0.15, 0.2) is 17.3 Å². The summed E-state index contributed by atoms with van der Waals surface area (Å²) < 4.78 is 13.1. The predicted molar refractivity (Wildman–Crippen MR) is 187 cm³/mol. The third kappa shape index (κ3) is 7.42. The number of ether oxygens (including phenoxy) is 2. The van der Waals surface area contributed by atoms with Gasteiger partial charge in [-0.2, -0.15) is 0 Å². The molecule has 0 radical (unpaired) electrons. The first-order valence-corrected chi connectivity index (χ1v) is 16.6. The Morgan fingerprint density at radius 3 is 2.35 bits per heavy atom. The second-order valence-electron chi connectivity index (χ2n) is 12.5. The largest absolute Gasteiger partial charge is 0.493 e. The van der Waals surface area contributed by atoms with Gasteiger partial charge < -0.3 is 23.8 Å². The van der Waals surface area contributed by atoms with E-state index in [4.69, 9.17) is 14.5 Å². The van der Waals surface area contributed by atoms with E-state index in [0.717, 1.165) is 61.2 Å². The first kappa shape index (κ1) is 32.9. The number of piperidine rings is 1. The zero-order valence-corrected chi connectivity index (χ0v) is 27.9. The number of aromatic nitrogens is 3. The first-order valence-electron chi connectivity index (χ1n) is 16.6. The van der Waals surface area contributed by atoms with Crippen LogP contribution in [-0.2, 0) is 6.54 Å². The van der Waals surface area contributed by atoms with Crippen molar-refractivity contribution in [3.05, 3.63) is 120 Å². The third-order valence-corrected chi connectivity index (χ3v) is 9.41. The molecule has 1 saturated heterocycles. The maximum atomic E-state index is 14.0. The Morgan fingerprint density at radius 1 is 0.896 bits per heavy atom. The molecule has 5 aromatic rings. The Hall–Kier alpha value is -5.02. The smallest absolute Gasteiger partial charge is 0.253 e. The number of benzene rings is 3. The summed E-state index contributed by atoms with van der Waals surface area (Å²) in [5.74, 6) is 1.95. The van der Waals surface area contributed by atoms with Gasteiger partial charge in [0.25, 0.3) is 5.91 Å². The molecule has 1 fully saturated rings. The molecule has 6 rings (SSSR count). The second-order valence-corrected chi connectivity index (χ2v) is 12.5. The number of fused-ring (bicyclic) bond motifs is 1. The average molecular weight is 646 g/mol. The molecular formula is C39H43N5O4. The number of hydrogen-bond acceptors (Lipinski definition) is 7. The summed E-state index contributed by atoms with van der Waals surface area (Å²) in [4.78, 5) is 40.8. The van der Waals surface area contributed by atoms with Gasteiger partial charge in [0.2, 0.25) is 5.78 Å². The highest BCUT2D eigenvalue weighted by molar-refractivity contribution is 5.98. The molecule has 1 aliphatic heterocycles. The Labute approximate surface area is 282 Å². The van der Waals surface area contributed by atoms with Crippen LogP contribution < -0.4 is 9.47 Å². The number of nitrogens with zero attached hydrogens (tertiary/aromatic N) is 5. The molecule has 48 heavy (non-hydrogen) atoms. The fraction of sp³-hybridized carbons (Fsp3) is 0.333. The lowest BCUT2D eigenvalue weighted by Crippen LogP contribution is -2.38. The van der Waals surface area contributed by atoms with E-state index in [9.17, 15) is 9.59 Å². The maximum Gasteiger partial charge on any atom is 0.253 e. The molecule has 248 valence electrons. The van der Waals surface area contributed by atoms with Crippen molar-refractivity contribution in [3.63, 3.8) is 0 Å². The number of rotatable bonds is 13. The molecule has 1 unspecified atom stereocenters. The van der Waals surface area contributed by atoms with Crippen molar-refractivity contribution in [2.45, 2.75) is 31.7 Å². The summed E-state index contributed by atoms with van der Waals surface area (Å²) in [5.41, 5.74) is 4.43. The Bertz CT molecular complexity index is 1830. The van der Waals surface area contributed by atoms with E-state index in [1.165, 1.54) is 0 Å². The molecule has 2 aromatic heterocycles. The minimum atomic E-state index is -0.0863. The summed E-state index contributed by atoms with van der Waals surface area (Å²) >= 11 is 0. The van der Waals surface area contributed by atoms with Crippen molar-refractivity contribution < 1.29 is 19.1 Å². The van der Waals surface area contributed by atoms with Crippen LogP contribution in [0.25, 0.3) is 11.0 Å². The van der Waals surface area contributed by atoms with Crippen LogP contribution in [0.15, 0.2) is 97.2 Å². The van der Waals surface area contributed by atoms with Gasteiger partial charge >= 0.3 is 0 Å². The number of ketones is 1. The number of amides is 1. The maximum absolute atomic E-state index is 14.0. The zero-order valence-electron chi connectivity index (χ0n) is 27.9. The van der Waals surface area contributed by atoms with Crippen LogP contribution in [0.5, 0.6) is 11.5 Å². The molecule has 9 heteroatoms. The van der Waals surface area contributed by atoms with E-state index < -0.39 is 0 Å². The number of para-hydroxylation sites is 2.